The number of phosphoric acid groups is 1. The van der Waals surface area contributed by atoms with Gasteiger partial charge in [-0.1, -0.05) is 168 Å². The van der Waals surface area contributed by atoms with E-state index in [1.165, 1.54) is 38.5 Å². The second-order valence-corrected chi connectivity index (χ2v) is 15.6. The van der Waals surface area contributed by atoms with Crippen LogP contribution in [0.5, 0.6) is 0 Å². The monoisotopic (exact) mass is 828 g/mol. The second kappa shape index (κ2) is 45.2. The molecule has 0 amide bonds. The highest BCUT2D eigenvalue weighted by Crippen LogP contribution is 2.43. The van der Waals surface area contributed by atoms with E-state index < -0.39 is 13.9 Å². The minimum atomic E-state index is -4.30. The first-order valence-electron chi connectivity index (χ1n) is 22.4. The molecule has 0 aromatic carbocycles. The Morgan fingerprint density at radius 3 is 1.36 bits per heavy atom. The lowest BCUT2D eigenvalue weighted by Crippen LogP contribution is -2.28. The van der Waals surface area contributed by atoms with E-state index >= 15 is 0 Å². The molecule has 0 aliphatic heterocycles. The standard InChI is InChI=1S/C49H82NO7P/c1-3-5-7-9-11-13-15-17-19-20-21-22-23-24-25-26-27-28-29-30-32-34-36-38-40-42-49(51)57-48(47-56-58(52,53)55-45-43-50)46-54-44-41-39-37-35-33-31-18-16-14-12-10-8-6-4-2/h5-8,11-14,17-19,21-22,24-25,31,35,37,48H,3-4,9-10,15-16,20,23,26-30,32-34,36,38-47,50H2,1-2H3,(H,52,53)/b7-5-,8-6-,13-11-,14-12-,19-17-,22-21-,25-24-,31-18-,37-35-. The maximum Gasteiger partial charge on any atom is 0.472 e. The molecule has 330 valence electrons. The van der Waals surface area contributed by atoms with Crippen molar-refractivity contribution < 1.29 is 32.8 Å². The molecule has 58 heavy (non-hydrogen) atoms. The second-order valence-electron chi connectivity index (χ2n) is 14.1. The van der Waals surface area contributed by atoms with Gasteiger partial charge in [-0.3, -0.25) is 13.8 Å². The number of hydrogen-bond donors (Lipinski definition) is 2. The van der Waals surface area contributed by atoms with E-state index in [1.807, 2.05) is 0 Å². The van der Waals surface area contributed by atoms with E-state index in [4.69, 9.17) is 24.3 Å². The van der Waals surface area contributed by atoms with Crippen LogP contribution in [0.3, 0.4) is 0 Å². The third kappa shape index (κ3) is 44.3. The van der Waals surface area contributed by atoms with Crippen LogP contribution in [0.1, 0.15) is 155 Å². The zero-order valence-electron chi connectivity index (χ0n) is 36.5. The summed E-state index contributed by atoms with van der Waals surface area (Å²) in [5.74, 6) is -0.361. The molecule has 3 N–H and O–H groups in total. The number of unbranched alkanes of at least 4 members (excludes halogenated alkanes) is 10. The number of phosphoric ester groups is 1. The fraction of sp³-hybridized carbons (Fsp3) is 0.612. The number of carbonyl (C=O) groups is 1. The average Bonchev–Trinajstić information content (AvgIpc) is 3.21. The van der Waals surface area contributed by atoms with Crippen molar-refractivity contribution >= 4 is 13.8 Å². The summed E-state index contributed by atoms with van der Waals surface area (Å²) in [5.41, 5.74) is 5.36. The fourth-order valence-electron chi connectivity index (χ4n) is 5.50. The molecule has 2 atom stereocenters. The van der Waals surface area contributed by atoms with Gasteiger partial charge in [-0.15, -0.1) is 0 Å². The number of nitrogens with two attached hydrogens (primary N) is 1. The summed E-state index contributed by atoms with van der Waals surface area (Å²) in [4.78, 5) is 22.5. The summed E-state index contributed by atoms with van der Waals surface area (Å²) in [5, 5.41) is 0. The lowest BCUT2D eigenvalue weighted by atomic mass is 10.1. The third-order valence-corrected chi connectivity index (χ3v) is 9.67. The van der Waals surface area contributed by atoms with Crippen LogP contribution < -0.4 is 5.73 Å². The largest absolute Gasteiger partial charge is 0.472 e. The number of ether oxygens (including phenoxy) is 2. The highest BCUT2D eigenvalue weighted by molar-refractivity contribution is 7.47. The Morgan fingerprint density at radius 1 is 0.517 bits per heavy atom. The molecular weight excluding hydrogens is 746 g/mol. The van der Waals surface area contributed by atoms with Gasteiger partial charge >= 0.3 is 13.8 Å². The molecule has 0 aromatic heterocycles. The van der Waals surface area contributed by atoms with Crippen molar-refractivity contribution in [1.29, 1.82) is 0 Å². The van der Waals surface area contributed by atoms with Gasteiger partial charge in [0.05, 0.1) is 19.8 Å². The average molecular weight is 828 g/mol. The van der Waals surface area contributed by atoms with Gasteiger partial charge in [0.25, 0.3) is 0 Å². The molecule has 0 aliphatic carbocycles. The zero-order valence-corrected chi connectivity index (χ0v) is 37.4. The fourth-order valence-corrected chi connectivity index (χ4v) is 6.26. The molecular formula is C49H82NO7P. The lowest BCUT2D eigenvalue weighted by molar-refractivity contribution is -0.154. The molecule has 0 spiro atoms. The van der Waals surface area contributed by atoms with Crippen molar-refractivity contribution in [2.75, 3.05) is 33.0 Å². The molecule has 0 saturated heterocycles. The van der Waals surface area contributed by atoms with Crippen molar-refractivity contribution in [3.63, 3.8) is 0 Å². The van der Waals surface area contributed by atoms with Gasteiger partial charge in [-0.25, -0.2) is 4.57 Å². The quantitative estimate of drug-likeness (QED) is 0.0271. The van der Waals surface area contributed by atoms with E-state index in [2.05, 4.69) is 123 Å². The first-order valence-corrected chi connectivity index (χ1v) is 23.9. The van der Waals surface area contributed by atoms with Crippen LogP contribution in [0.25, 0.3) is 0 Å². The Morgan fingerprint density at radius 2 is 0.914 bits per heavy atom. The Bertz CT molecular complexity index is 1250. The van der Waals surface area contributed by atoms with Crippen molar-refractivity contribution in [3.05, 3.63) is 109 Å². The highest BCUT2D eigenvalue weighted by atomic mass is 31.2. The van der Waals surface area contributed by atoms with Gasteiger partial charge in [0.1, 0.15) is 6.10 Å². The molecule has 0 bridgehead atoms. The molecule has 0 fully saturated rings. The van der Waals surface area contributed by atoms with Crippen LogP contribution in [0.4, 0.5) is 0 Å². The third-order valence-electron chi connectivity index (χ3n) is 8.69. The highest BCUT2D eigenvalue weighted by Gasteiger charge is 2.25. The summed E-state index contributed by atoms with van der Waals surface area (Å²) >= 11 is 0. The molecule has 2 unspecified atom stereocenters. The van der Waals surface area contributed by atoms with Crippen molar-refractivity contribution in [3.8, 4) is 0 Å². The van der Waals surface area contributed by atoms with E-state index in [-0.39, 0.29) is 32.3 Å². The Hall–Kier alpha value is -2.84. The molecule has 0 aliphatic rings. The Balaban J connectivity index is 4.08. The molecule has 0 radical (unpaired) electrons. The van der Waals surface area contributed by atoms with E-state index in [0.717, 1.165) is 96.3 Å². The maximum absolute atomic E-state index is 12.6. The van der Waals surface area contributed by atoms with Gasteiger partial charge in [-0.2, -0.15) is 0 Å². The van der Waals surface area contributed by atoms with E-state index in [9.17, 15) is 14.3 Å². The van der Waals surface area contributed by atoms with Crippen LogP contribution in [0.15, 0.2) is 109 Å². The summed E-state index contributed by atoms with van der Waals surface area (Å²) in [6, 6.07) is 0. The predicted octanol–water partition coefficient (Wildman–Crippen LogP) is 13.6. The van der Waals surface area contributed by atoms with Gasteiger partial charge < -0.3 is 20.1 Å². The Labute approximate surface area is 354 Å². The normalized spacial score (nSPS) is 14.5. The van der Waals surface area contributed by atoms with Crippen LogP contribution in [-0.4, -0.2) is 49.9 Å². The summed E-state index contributed by atoms with van der Waals surface area (Å²) in [6.07, 6.45) is 61.3. The molecule has 0 heterocycles. The van der Waals surface area contributed by atoms with Crippen LogP contribution in [-0.2, 0) is 27.9 Å². The first-order chi connectivity index (χ1) is 28.4. The molecule has 9 heteroatoms. The topological polar surface area (TPSA) is 117 Å². The van der Waals surface area contributed by atoms with Gasteiger partial charge in [0.2, 0.25) is 0 Å². The number of carbonyl (C=O) groups excluding carboxylic acids is 1. The molecule has 8 nitrogen and oxygen atoms in total. The van der Waals surface area contributed by atoms with Crippen molar-refractivity contribution in [2.24, 2.45) is 5.73 Å². The number of allylic oxidation sites excluding steroid dienone is 18. The minimum absolute atomic E-state index is 0.0686. The number of rotatable bonds is 41. The number of esters is 1. The van der Waals surface area contributed by atoms with Gasteiger partial charge in [0, 0.05) is 19.6 Å². The van der Waals surface area contributed by atoms with E-state index in [0.29, 0.717) is 13.0 Å². The van der Waals surface area contributed by atoms with Gasteiger partial charge in [0.15, 0.2) is 0 Å². The number of hydrogen-bond acceptors (Lipinski definition) is 7. The molecule has 0 saturated carbocycles. The smallest absolute Gasteiger partial charge is 0.457 e. The minimum Gasteiger partial charge on any atom is -0.457 e. The predicted molar refractivity (Wildman–Crippen MR) is 247 cm³/mol. The SMILES string of the molecule is CC/C=C\C/C=C\C/C=C\C/C=C\C/C=C\CCCCCCCCCCCC(=O)OC(COCCC/C=C\C/C=C\C/C=C\C/C=C\CC)COP(=O)(O)OCCN. The summed E-state index contributed by atoms with van der Waals surface area (Å²) in [7, 11) is -4.30. The molecule has 0 rings (SSSR count). The van der Waals surface area contributed by atoms with Crippen molar-refractivity contribution in [2.45, 2.75) is 161 Å². The van der Waals surface area contributed by atoms with Crippen LogP contribution >= 0.6 is 7.82 Å². The summed E-state index contributed by atoms with van der Waals surface area (Å²) in [6.45, 7) is 4.50. The zero-order chi connectivity index (χ0) is 42.3. The maximum atomic E-state index is 12.6. The first kappa shape index (κ1) is 55.2. The van der Waals surface area contributed by atoms with Crippen LogP contribution in [0.2, 0.25) is 0 Å². The van der Waals surface area contributed by atoms with Crippen LogP contribution in [0, 0.1) is 0 Å². The van der Waals surface area contributed by atoms with Crippen molar-refractivity contribution in [1.82, 2.24) is 0 Å². The lowest BCUT2D eigenvalue weighted by Gasteiger charge is -2.20. The van der Waals surface area contributed by atoms with E-state index in [1.54, 1.807) is 0 Å². The van der Waals surface area contributed by atoms with Gasteiger partial charge in [-0.05, 0) is 89.9 Å². The Kier molecular flexibility index (Phi) is 43.0. The summed E-state index contributed by atoms with van der Waals surface area (Å²) < 4.78 is 33.3. The molecule has 0 aromatic rings.